The topological polar surface area (TPSA) is 102 Å². The molecule has 342 valence electrons. The van der Waals surface area contributed by atoms with Crippen molar-refractivity contribution in [3.05, 3.63) is 97.2 Å². The second-order valence-electron chi connectivity index (χ2n) is 16.5. The van der Waals surface area contributed by atoms with E-state index in [4.69, 9.17) is 14.2 Å². The molecule has 0 spiro atoms. The zero-order valence-corrected chi connectivity index (χ0v) is 38.6. The third kappa shape index (κ3) is 45.8. The number of aliphatic hydroxyl groups excluding tert-OH is 1. The lowest BCUT2D eigenvalue weighted by Gasteiger charge is -2.24. The van der Waals surface area contributed by atoms with Gasteiger partial charge in [-0.1, -0.05) is 181 Å². The Balaban J connectivity index is 3.52. The first-order chi connectivity index (χ1) is 29.2. The minimum atomic E-state index is -1.47. The number of hydrogen-bond acceptors (Lipinski definition) is 6. The number of allylic oxidation sites excluding steroid dienone is 16. The number of aliphatic hydroxyl groups is 1. The van der Waals surface area contributed by atoms with Crippen LogP contribution in [0.25, 0.3) is 0 Å². The minimum Gasteiger partial charge on any atom is -0.477 e. The van der Waals surface area contributed by atoms with Gasteiger partial charge in [-0.3, -0.25) is 4.79 Å². The van der Waals surface area contributed by atoms with Crippen LogP contribution in [0.4, 0.5) is 0 Å². The van der Waals surface area contributed by atoms with E-state index in [0.29, 0.717) is 17.4 Å². The average molecular weight is 839 g/mol. The van der Waals surface area contributed by atoms with Crippen molar-refractivity contribution in [1.82, 2.24) is 0 Å². The summed E-state index contributed by atoms with van der Waals surface area (Å²) in [4.78, 5) is 23.3. The average Bonchev–Trinajstić information content (AvgIpc) is 3.21. The summed E-state index contributed by atoms with van der Waals surface area (Å²) in [6.45, 7) is 2.46. The van der Waals surface area contributed by atoms with E-state index in [1.807, 2.05) is 21.1 Å². The molecule has 8 heteroatoms. The first-order valence-electron chi connectivity index (χ1n) is 23.5. The predicted octanol–water partition coefficient (Wildman–Crippen LogP) is 12.9. The zero-order valence-electron chi connectivity index (χ0n) is 38.6. The van der Waals surface area contributed by atoms with Crippen LogP contribution in [0.5, 0.6) is 0 Å². The zero-order chi connectivity index (χ0) is 44.0. The van der Waals surface area contributed by atoms with Crippen LogP contribution in [0.15, 0.2) is 97.2 Å². The maximum absolute atomic E-state index is 12.0. The van der Waals surface area contributed by atoms with Gasteiger partial charge in [0.25, 0.3) is 6.29 Å². The van der Waals surface area contributed by atoms with E-state index < -0.39 is 18.4 Å². The van der Waals surface area contributed by atoms with Crippen LogP contribution in [-0.2, 0) is 23.8 Å². The van der Waals surface area contributed by atoms with Gasteiger partial charge in [0.2, 0.25) is 0 Å². The van der Waals surface area contributed by atoms with Crippen LogP contribution in [0.2, 0.25) is 0 Å². The van der Waals surface area contributed by atoms with Crippen LogP contribution in [-0.4, -0.2) is 86.5 Å². The Hall–Kier alpha value is -3.30. The molecule has 0 saturated heterocycles. The van der Waals surface area contributed by atoms with E-state index in [2.05, 4.69) is 104 Å². The highest BCUT2D eigenvalue weighted by Crippen LogP contribution is 2.14. The van der Waals surface area contributed by atoms with E-state index in [9.17, 15) is 19.8 Å². The van der Waals surface area contributed by atoms with Crippen LogP contribution in [0, 0.1) is 0 Å². The largest absolute Gasteiger partial charge is 0.477 e. The highest BCUT2D eigenvalue weighted by Gasteiger charge is 2.22. The molecule has 2 unspecified atom stereocenters. The fourth-order valence-corrected chi connectivity index (χ4v) is 5.97. The highest BCUT2D eigenvalue weighted by atomic mass is 16.7. The molecule has 0 aliphatic carbocycles. The van der Waals surface area contributed by atoms with E-state index in [0.717, 1.165) is 70.6 Å². The number of unbranched alkanes of at least 4 members (excludes halogenated alkanes) is 14. The summed E-state index contributed by atoms with van der Waals surface area (Å²) < 4.78 is 16.2. The predicted molar refractivity (Wildman–Crippen MR) is 253 cm³/mol. The molecule has 0 rings (SSSR count). The summed E-state index contributed by atoms with van der Waals surface area (Å²) in [6.07, 6.45) is 60.4. The summed E-state index contributed by atoms with van der Waals surface area (Å²) in [5.41, 5.74) is 0. The van der Waals surface area contributed by atoms with Gasteiger partial charge in [0.1, 0.15) is 19.3 Å². The number of ether oxygens (including phenoxy) is 3. The lowest BCUT2D eigenvalue weighted by Crippen LogP contribution is -2.40. The van der Waals surface area contributed by atoms with Gasteiger partial charge >= 0.3 is 11.9 Å². The quantitative estimate of drug-likeness (QED) is 0.0207. The number of nitrogens with zero attached hydrogens (tertiary/aromatic N) is 1. The van der Waals surface area contributed by atoms with Crippen molar-refractivity contribution >= 4 is 11.9 Å². The highest BCUT2D eigenvalue weighted by molar-refractivity contribution is 5.70. The van der Waals surface area contributed by atoms with Gasteiger partial charge in [-0.2, -0.15) is 0 Å². The maximum Gasteiger partial charge on any atom is 0.361 e. The molecule has 0 amide bonds. The Bertz CT molecular complexity index is 1240. The normalized spacial score (nSPS) is 13.9. The molecule has 2 N–H and O–H groups in total. The van der Waals surface area contributed by atoms with Gasteiger partial charge in [-0.05, 0) is 70.6 Å². The summed E-state index contributed by atoms with van der Waals surface area (Å²) >= 11 is 0. The third-order valence-electron chi connectivity index (χ3n) is 9.59. The van der Waals surface area contributed by atoms with Crippen molar-refractivity contribution < 1.29 is 38.5 Å². The Morgan fingerprint density at radius 3 is 1.25 bits per heavy atom. The molecule has 0 aromatic heterocycles. The summed E-state index contributed by atoms with van der Waals surface area (Å²) in [7, 11) is 5.92. The van der Waals surface area contributed by atoms with Crippen molar-refractivity contribution in [3.8, 4) is 0 Å². The molecule has 0 fully saturated rings. The number of rotatable bonds is 42. The number of likely N-dealkylation sites (N-methyl/N-ethyl adjacent to an activating group) is 1. The number of hydrogen-bond donors (Lipinski definition) is 2. The molecular weight excluding hydrogens is 751 g/mol. The number of aliphatic carboxylic acids is 1. The summed E-state index contributed by atoms with van der Waals surface area (Å²) in [5, 5.41) is 19.3. The number of carbonyl (C=O) groups is 2. The van der Waals surface area contributed by atoms with E-state index in [-0.39, 0.29) is 25.8 Å². The fourth-order valence-electron chi connectivity index (χ4n) is 5.97. The molecule has 0 aliphatic heterocycles. The fraction of sp³-hybridized carbons (Fsp3) is 0.654. The lowest BCUT2D eigenvalue weighted by atomic mass is 10.0. The van der Waals surface area contributed by atoms with Crippen molar-refractivity contribution in [2.24, 2.45) is 0 Å². The molecule has 60 heavy (non-hydrogen) atoms. The van der Waals surface area contributed by atoms with Crippen LogP contribution in [0.3, 0.4) is 0 Å². The van der Waals surface area contributed by atoms with Gasteiger partial charge in [-0.25, -0.2) is 4.79 Å². The van der Waals surface area contributed by atoms with Crippen molar-refractivity contribution in [2.45, 2.75) is 173 Å². The van der Waals surface area contributed by atoms with E-state index in [1.165, 1.54) is 77.0 Å². The van der Waals surface area contributed by atoms with Crippen molar-refractivity contribution in [2.75, 3.05) is 47.5 Å². The van der Waals surface area contributed by atoms with E-state index in [1.54, 1.807) is 0 Å². The summed E-state index contributed by atoms with van der Waals surface area (Å²) in [6, 6.07) is 0. The maximum atomic E-state index is 12.0. The van der Waals surface area contributed by atoms with Gasteiger partial charge in [0.05, 0.1) is 34.4 Å². The second kappa shape index (κ2) is 43.8. The monoisotopic (exact) mass is 839 g/mol. The first-order valence-corrected chi connectivity index (χ1v) is 23.5. The first kappa shape index (κ1) is 56.7. The molecular formula is C52H88NO7+. The van der Waals surface area contributed by atoms with Crippen LogP contribution < -0.4 is 0 Å². The standard InChI is InChI=1S/C52H87NO7/c1-5-6-7-8-9-10-11-12-13-14-15-16-17-18-19-20-21-22-23-24-25-26-27-28-29-30-31-32-33-34-35-36-37-38-39-40-41-42-43-44-50(55)59-47-49(54)48-60-52(51(56)57)58-46-45-53(2,3)4/h6-7,9-10,12-13,15-16,18-19,21-22,24-25,27-28,49,52,54H,5,8,11,14,17,20,23,26,29-48H2,1-4H3/p+1/b7-6-,10-9-,13-12-,16-15-,19-18-,22-21-,25-24-,28-27-. The van der Waals surface area contributed by atoms with Gasteiger partial charge in [0.15, 0.2) is 0 Å². The Morgan fingerprint density at radius 2 is 0.867 bits per heavy atom. The lowest BCUT2D eigenvalue weighted by molar-refractivity contribution is -0.870. The molecule has 0 radical (unpaired) electrons. The second-order valence-corrected chi connectivity index (χ2v) is 16.5. The molecule has 2 atom stereocenters. The smallest absolute Gasteiger partial charge is 0.361 e. The van der Waals surface area contributed by atoms with E-state index >= 15 is 0 Å². The molecule has 0 heterocycles. The van der Waals surface area contributed by atoms with Gasteiger partial charge < -0.3 is 28.9 Å². The Labute approximate surface area is 367 Å². The van der Waals surface area contributed by atoms with Gasteiger partial charge in [0, 0.05) is 6.42 Å². The Morgan fingerprint density at radius 1 is 0.500 bits per heavy atom. The van der Waals surface area contributed by atoms with Crippen LogP contribution in [0.1, 0.15) is 161 Å². The Kier molecular flexibility index (Phi) is 41.4. The van der Waals surface area contributed by atoms with Crippen molar-refractivity contribution in [3.63, 3.8) is 0 Å². The molecule has 0 bridgehead atoms. The minimum absolute atomic E-state index is 0.207. The number of esters is 1. The van der Waals surface area contributed by atoms with Crippen LogP contribution >= 0.6 is 0 Å². The third-order valence-corrected chi connectivity index (χ3v) is 9.59. The number of quaternary nitrogens is 1. The molecule has 0 saturated carbocycles. The number of carboxylic acid groups (broad SMARTS) is 1. The molecule has 8 nitrogen and oxygen atoms in total. The molecule has 0 aromatic rings. The van der Waals surface area contributed by atoms with Crippen molar-refractivity contribution in [1.29, 1.82) is 0 Å². The summed E-state index contributed by atoms with van der Waals surface area (Å²) in [5.74, 6) is -1.61. The number of carbonyl (C=O) groups excluding carboxylic acids is 1. The number of carboxylic acids is 1. The molecule has 0 aromatic carbocycles. The SMILES string of the molecule is CC/C=C\C/C=C\C/C=C\C/C=C\C/C=C\C/C=C\C/C=C\C/C=C\CCCCCCCCCCCCCCCCC(=O)OCC(O)COC(OCC[N+](C)(C)C)C(=O)O. The van der Waals surface area contributed by atoms with Gasteiger partial charge in [-0.15, -0.1) is 0 Å². The molecule has 0 aliphatic rings.